The topological polar surface area (TPSA) is 112 Å². The molecule has 0 aliphatic rings. The van der Waals surface area contributed by atoms with E-state index >= 15 is 0 Å². The van der Waals surface area contributed by atoms with Crippen molar-refractivity contribution < 1.29 is 4.79 Å². The molecule has 0 fully saturated rings. The lowest BCUT2D eigenvalue weighted by Crippen LogP contribution is -2.17. The van der Waals surface area contributed by atoms with Crippen LogP contribution in [0.1, 0.15) is 13.8 Å². The predicted octanol–water partition coefficient (Wildman–Crippen LogP) is 5.89. The number of H-pyrrole nitrogens is 2. The van der Waals surface area contributed by atoms with Gasteiger partial charge in [0, 0.05) is 39.7 Å². The Morgan fingerprint density at radius 2 is 2.00 bits per heavy atom. The number of hydrogen-bond donors (Lipinski definition) is 3. The van der Waals surface area contributed by atoms with Crippen molar-refractivity contribution >= 4 is 45.0 Å². The molecule has 6 rings (SSSR count). The maximum atomic E-state index is 12.1. The van der Waals surface area contributed by atoms with Crippen LogP contribution in [0.2, 0.25) is 0 Å². The quantitative estimate of drug-likeness (QED) is 0.286. The summed E-state index contributed by atoms with van der Waals surface area (Å²) in [6, 6.07) is 14.1. The average Bonchev–Trinajstić information content (AvgIpc) is 3.62. The minimum absolute atomic E-state index is 0.0445. The first-order valence-corrected chi connectivity index (χ1v) is 12.1. The van der Waals surface area contributed by atoms with Crippen LogP contribution in [0.5, 0.6) is 0 Å². The SMILES string of the molecule is CC(C)C(=O)Nc1cncc(-c2ccc3[nH]nc(-c4nc5c(-c6cccs6)ccnc5[nH]4)c3c2)c1. The van der Waals surface area contributed by atoms with Crippen LogP contribution in [-0.2, 0) is 4.79 Å². The highest BCUT2D eigenvalue weighted by Gasteiger charge is 2.17. The standard InChI is InChI=1S/C26H21N7OS/c1-14(2)26(34)29-17-10-16(12-27-13-17)15-5-6-20-19(11-15)23(33-32-20)25-30-22-18(21-4-3-9-35-21)7-8-28-24(22)31-25/h3-14H,1-2H3,(H,29,34)(H,32,33)(H,28,30,31). The van der Waals surface area contributed by atoms with Gasteiger partial charge in [0.2, 0.25) is 5.91 Å². The Labute approximate surface area is 204 Å². The van der Waals surface area contributed by atoms with Gasteiger partial charge in [0.15, 0.2) is 11.5 Å². The van der Waals surface area contributed by atoms with Gasteiger partial charge in [-0.05, 0) is 41.3 Å². The summed E-state index contributed by atoms with van der Waals surface area (Å²) in [6.45, 7) is 3.72. The van der Waals surface area contributed by atoms with Gasteiger partial charge < -0.3 is 10.3 Å². The maximum absolute atomic E-state index is 12.1. The molecule has 3 N–H and O–H groups in total. The first-order chi connectivity index (χ1) is 17.1. The maximum Gasteiger partial charge on any atom is 0.226 e. The molecule has 5 aromatic heterocycles. The number of anilines is 1. The largest absolute Gasteiger partial charge is 0.324 e. The fourth-order valence-electron chi connectivity index (χ4n) is 3.98. The molecule has 0 saturated carbocycles. The van der Waals surface area contributed by atoms with E-state index in [2.05, 4.69) is 48.0 Å². The number of nitrogens with one attached hydrogen (secondary N) is 3. The van der Waals surface area contributed by atoms with Crippen LogP contribution in [0.15, 0.2) is 66.4 Å². The van der Waals surface area contributed by atoms with E-state index in [9.17, 15) is 4.79 Å². The van der Waals surface area contributed by atoms with E-state index in [4.69, 9.17) is 4.98 Å². The lowest BCUT2D eigenvalue weighted by Gasteiger charge is -2.09. The fourth-order valence-corrected chi connectivity index (χ4v) is 4.73. The number of aromatic amines is 2. The fraction of sp³-hybridized carbons (Fsp3) is 0.115. The monoisotopic (exact) mass is 479 g/mol. The Morgan fingerprint density at radius 3 is 2.83 bits per heavy atom. The summed E-state index contributed by atoms with van der Waals surface area (Å²) >= 11 is 1.67. The summed E-state index contributed by atoms with van der Waals surface area (Å²) < 4.78 is 0. The number of fused-ring (bicyclic) bond motifs is 2. The van der Waals surface area contributed by atoms with Crippen molar-refractivity contribution in [3.63, 3.8) is 0 Å². The van der Waals surface area contributed by atoms with Crippen molar-refractivity contribution in [1.29, 1.82) is 0 Å². The highest BCUT2D eigenvalue weighted by Crippen LogP contribution is 2.34. The number of aromatic nitrogens is 6. The normalized spacial score (nSPS) is 11.5. The number of carbonyl (C=O) groups excluding carboxylic acids is 1. The molecule has 0 saturated heterocycles. The van der Waals surface area contributed by atoms with Crippen LogP contribution < -0.4 is 5.32 Å². The second-order valence-corrected chi connectivity index (χ2v) is 9.50. The number of pyridine rings is 2. The van der Waals surface area contributed by atoms with Crippen LogP contribution in [0.3, 0.4) is 0 Å². The molecule has 0 radical (unpaired) electrons. The molecule has 0 unspecified atom stereocenters. The summed E-state index contributed by atoms with van der Waals surface area (Å²) in [5, 5.41) is 13.5. The number of imidazole rings is 1. The second kappa shape index (κ2) is 8.44. The van der Waals surface area contributed by atoms with Gasteiger partial charge in [0.1, 0.15) is 11.2 Å². The molecule has 172 valence electrons. The van der Waals surface area contributed by atoms with Gasteiger partial charge in [0.25, 0.3) is 0 Å². The van der Waals surface area contributed by atoms with E-state index in [1.165, 1.54) is 0 Å². The molecule has 1 amide bonds. The lowest BCUT2D eigenvalue weighted by atomic mass is 10.0. The Morgan fingerprint density at radius 1 is 1.09 bits per heavy atom. The Balaban J connectivity index is 1.41. The average molecular weight is 480 g/mol. The number of rotatable bonds is 5. The highest BCUT2D eigenvalue weighted by molar-refractivity contribution is 7.13. The molecular formula is C26H21N7OS. The minimum Gasteiger partial charge on any atom is -0.324 e. The Hall–Kier alpha value is -4.37. The number of hydrogen-bond acceptors (Lipinski definition) is 6. The molecule has 6 aromatic rings. The van der Waals surface area contributed by atoms with Crippen molar-refractivity contribution in [2.75, 3.05) is 5.32 Å². The molecule has 1 aromatic carbocycles. The zero-order valence-electron chi connectivity index (χ0n) is 19.0. The predicted molar refractivity (Wildman–Crippen MR) is 139 cm³/mol. The van der Waals surface area contributed by atoms with Crippen LogP contribution in [-0.4, -0.2) is 36.0 Å². The Kier molecular flexibility index (Phi) is 5.11. The van der Waals surface area contributed by atoms with Gasteiger partial charge >= 0.3 is 0 Å². The summed E-state index contributed by atoms with van der Waals surface area (Å²) in [5.41, 5.74) is 6.71. The van der Waals surface area contributed by atoms with Gasteiger partial charge in [-0.2, -0.15) is 5.10 Å². The third kappa shape index (κ3) is 3.85. The third-order valence-corrected chi connectivity index (χ3v) is 6.73. The first-order valence-electron chi connectivity index (χ1n) is 11.2. The summed E-state index contributed by atoms with van der Waals surface area (Å²) in [7, 11) is 0. The van der Waals surface area contributed by atoms with E-state index in [0.717, 1.165) is 43.6 Å². The van der Waals surface area contributed by atoms with Crippen LogP contribution in [0, 0.1) is 5.92 Å². The number of benzene rings is 1. The molecule has 0 bridgehead atoms. The summed E-state index contributed by atoms with van der Waals surface area (Å²) in [4.78, 5) is 30.3. The van der Waals surface area contributed by atoms with Gasteiger partial charge in [-0.25, -0.2) is 9.97 Å². The van der Waals surface area contributed by atoms with Gasteiger partial charge in [0.05, 0.1) is 17.4 Å². The second-order valence-electron chi connectivity index (χ2n) is 8.56. The summed E-state index contributed by atoms with van der Waals surface area (Å²) in [5.74, 6) is 0.495. The van der Waals surface area contributed by atoms with Crippen molar-refractivity contribution in [1.82, 2.24) is 30.1 Å². The number of amides is 1. The van der Waals surface area contributed by atoms with Crippen LogP contribution >= 0.6 is 11.3 Å². The van der Waals surface area contributed by atoms with Crippen molar-refractivity contribution in [3.05, 3.63) is 66.4 Å². The van der Waals surface area contributed by atoms with E-state index in [-0.39, 0.29) is 11.8 Å². The number of nitrogens with zero attached hydrogens (tertiary/aromatic N) is 4. The molecule has 35 heavy (non-hydrogen) atoms. The third-order valence-electron chi connectivity index (χ3n) is 5.82. The molecule has 0 spiro atoms. The molecular weight excluding hydrogens is 458 g/mol. The Bertz CT molecular complexity index is 1680. The smallest absolute Gasteiger partial charge is 0.226 e. The highest BCUT2D eigenvalue weighted by atomic mass is 32.1. The van der Waals surface area contributed by atoms with Crippen molar-refractivity contribution in [3.8, 4) is 33.1 Å². The molecule has 0 atom stereocenters. The van der Waals surface area contributed by atoms with Gasteiger partial charge in [-0.15, -0.1) is 11.3 Å². The lowest BCUT2D eigenvalue weighted by molar-refractivity contribution is -0.118. The number of carbonyl (C=O) groups is 1. The van der Waals surface area contributed by atoms with E-state index in [0.29, 0.717) is 17.2 Å². The van der Waals surface area contributed by atoms with E-state index in [1.807, 2.05) is 44.2 Å². The molecule has 9 heteroatoms. The van der Waals surface area contributed by atoms with Crippen LogP contribution in [0.25, 0.3) is 55.2 Å². The van der Waals surface area contributed by atoms with E-state index < -0.39 is 0 Å². The molecule has 0 aliphatic heterocycles. The van der Waals surface area contributed by atoms with Crippen LogP contribution in [0.4, 0.5) is 5.69 Å². The van der Waals surface area contributed by atoms with E-state index in [1.54, 1.807) is 29.9 Å². The van der Waals surface area contributed by atoms with Crippen molar-refractivity contribution in [2.24, 2.45) is 5.92 Å². The first kappa shape index (κ1) is 21.2. The number of thiophene rings is 1. The zero-order chi connectivity index (χ0) is 23.9. The van der Waals surface area contributed by atoms with Gasteiger partial charge in [-0.3, -0.25) is 14.9 Å². The molecule has 8 nitrogen and oxygen atoms in total. The molecule has 0 aliphatic carbocycles. The zero-order valence-corrected chi connectivity index (χ0v) is 19.9. The van der Waals surface area contributed by atoms with Crippen molar-refractivity contribution in [2.45, 2.75) is 13.8 Å². The summed E-state index contributed by atoms with van der Waals surface area (Å²) in [6.07, 6.45) is 5.22. The minimum atomic E-state index is -0.109. The molecule has 5 heterocycles. The van der Waals surface area contributed by atoms with Gasteiger partial charge in [-0.1, -0.05) is 26.0 Å².